The van der Waals surface area contributed by atoms with Gasteiger partial charge in [0.25, 0.3) is 0 Å². The summed E-state index contributed by atoms with van der Waals surface area (Å²) in [5.74, 6) is -0.977. The predicted octanol–water partition coefficient (Wildman–Crippen LogP) is 15.1. The molecule has 0 aliphatic heterocycles. The van der Waals surface area contributed by atoms with E-state index in [4.69, 9.17) is 4.74 Å². The molecule has 2 heteroatoms. The van der Waals surface area contributed by atoms with E-state index >= 15 is 0 Å². The van der Waals surface area contributed by atoms with Gasteiger partial charge in [0.2, 0.25) is 5.79 Å². The fourth-order valence-electron chi connectivity index (χ4n) is 6.24. The summed E-state index contributed by atoms with van der Waals surface area (Å²) in [4.78, 5) is 0. The van der Waals surface area contributed by atoms with Crippen LogP contribution in [0.5, 0.6) is 0 Å². The molecule has 0 heterocycles. The molecule has 0 aliphatic rings. The number of hydrogen-bond acceptors (Lipinski definition) is 2. The topological polar surface area (TPSA) is 29.5 Å². The predicted molar refractivity (Wildman–Crippen MR) is 198 cm³/mol. The van der Waals surface area contributed by atoms with E-state index in [0.717, 1.165) is 32.1 Å². The highest BCUT2D eigenvalue weighted by atomic mass is 16.6. The first-order chi connectivity index (χ1) is 21.7. The van der Waals surface area contributed by atoms with E-state index in [1.807, 2.05) is 6.26 Å². The molecule has 2 nitrogen and oxygen atoms in total. The molecule has 0 fully saturated rings. The maximum Gasteiger partial charge on any atom is 0.207 e. The third kappa shape index (κ3) is 34.1. The van der Waals surface area contributed by atoms with Crippen molar-refractivity contribution >= 4 is 0 Å². The van der Waals surface area contributed by atoms with Crippen molar-refractivity contribution in [2.75, 3.05) is 0 Å². The molecule has 0 amide bonds. The summed E-state index contributed by atoms with van der Waals surface area (Å²) in [6.07, 6.45) is 52.4. The number of hydrogen-bond donors (Lipinski definition) is 1. The Labute approximate surface area is 278 Å². The lowest BCUT2D eigenvalue weighted by Crippen LogP contribution is -2.30. The van der Waals surface area contributed by atoms with Crippen LogP contribution in [0.1, 0.15) is 239 Å². The second kappa shape index (κ2) is 36.7. The van der Waals surface area contributed by atoms with Gasteiger partial charge < -0.3 is 9.84 Å². The van der Waals surface area contributed by atoms with Crippen molar-refractivity contribution in [1.82, 2.24) is 0 Å². The zero-order valence-corrected chi connectivity index (χ0v) is 30.7. The van der Waals surface area contributed by atoms with E-state index in [-0.39, 0.29) is 0 Å². The Morgan fingerprint density at radius 2 is 0.636 bits per heavy atom. The zero-order chi connectivity index (χ0) is 32.1. The lowest BCUT2D eigenvalue weighted by molar-refractivity contribution is -0.178. The largest absolute Gasteiger partial charge is 0.471 e. The van der Waals surface area contributed by atoms with Gasteiger partial charge in [-0.15, -0.1) is 0 Å². The lowest BCUT2D eigenvalue weighted by Gasteiger charge is -2.27. The summed E-state index contributed by atoms with van der Waals surface area (Å²) in [6.45, 7) is 6.86. The van der Waals surface area contributed by atoms with Crippen LogP contribution < -0.4 is 0 Å². The summed E-state index contributed by atoms with van der Waals surface area (Å²) >= 11 is 0. The smallest absolute Gasteiger partial charge is 0.207 e. The normalized spacial score (nSPS) is 13.4. The Balaban J connectivity index is 4.15. The average Bonchev–Trinajstić information content (AvgIpc) is 3.02. The second-order valence-electron chi connectivity index (χ2n) is 14.0. The number of allylic oxidation sites excluding steroid dienone is 3. The van der Waals surface area contributed by atoms with Gasteiger partial charge in [0.15, 0.2) is 0 Å². The van der Waals surface area contributed by atoms with Crippen LogP contribution in [0.2, 0.25) is 0 Å². The van der Waals surface area contributed by atoms with E-state index in [2.05, 4.69) is 39.0 Å². The van der Waals surface area contributed by atoms with Gasteiger partial charge in [-0.2, -0.15) is 0 Å². The Kier molecular flexibility index (Phi) is 36.1. The molecule has 0 rings (SSSR count). The minimum Gasteiger partial charge on any atom is -0.471 e. The number of rotatable bonds is 37. The van der Waals surface area contributed by atoms with Crippen molar-refractivity contribution in [3.05, 3.63) is 24.5 Å². The van der Waals surface area contributed by atoms with Gasteiger partial charge in [0.1, 0.15) is 0 Å². The molecule has 0 aliphatic carbocycles. The minimum atomic E-state index is -0.977. The highest BCUT2D eigenvalue weighted by Crippen LogP contribution is 2.26. The molecule has 1 unspecified atom stereocenters. The van der Waals surface area contributed by atoms with E-state index in [0.29, 0.717) is 0 Å². The van der Waals surface area contributed by atoms with Gasteiger partial charge in [-0.3, -0.25) is 0 Å². The van der Waals surface area contributed by atoms with E-state index in [1.54, 1.807) is 0 Å². The summed E-state index contributed by atoms with van der Waals surface area (Å²) < 4.78 is 6.07. The van der Waals surface area contributed by atoms with Crippen LogP contribution in [-0.2, 0) is 4.74 Å². The first-order valence-corrected chi connectivity index (χ1v) is 20.4. The minimum absolute atomic E-state index is 0.769. The molecule has 1 N–H and O–H groups in total. The molecular weight excluding hydrogens is 536 g/mol. The first-order valence-electron chi connectivity index (χ1n) is 20.4. The van der Waals surface area contributed by atoms with Gasteiger partial charge in [0, 0.05) is 12.8 Å². The Hall–Kier alpha value is -0.760. The molecule has 1 atom stereocenters. The maximum absolute atomic E-state index is 11.4. The molecule has 0 saturated heterocycles. The van der Waals surface area contributed by atoms with Crippen LogP contribution in [0.3, 0.4) is 0 Å². The molecule has 262 valence electrons. The third-order valence-corrected chi connectivity index (χ3v) is 9.36. The van der Waals surface area contributed by atoms with Gasteiger partial charge >= 0.3 is 0 Å². The maximum atomic E-state index is 11.4. The fourth-order valence-corrected chi connectivity index (χ4v) is 6.24. The molecule has 0 spiro atoms. The highest BCUT2D eigenvalue weighted by Gasteiger charge is 2.26. The van der Waals surface area contributed by atoms with Crippen molar-refractivity contribution in [3.8, 4) is 0 Å². The van der Waals surface area contributed by atoms with Crippen molar-refractivity contribution in [2.45, 2.75) is 245 Å². The highest BCUT2D eigenvalue weighted by molar-refractivity contribution is 4.81. The molecule has 0 saturated carbocycles. The van der Waals surface area contributed by atoms with Crippen molar-refractivity contribution in [1.29, 1.82) is 0 Å². The van der Waals surface area contributed by atoms with Crippen LogP contribution in [0.15, 0.2) is 24.5 Å². The molecule has 0 aromatic carbocycles. The van der Waals surface area contributed by atoms with Crippen LogP contribution in [0, 0.1) is 0 Å². The van der Waals surface area contributed by atoms with Gasteiger partial charge in [0.05, 0.1) is 6.26 Å². The summed E-state index contributed by atoms with van der Waals surface area (Å²) in [5.41, 5.74) is 0. The SMILES string of the molecule is CCCCCCCC/C=C\CCCCCCCC(O)(CCCCCCCCCCCC)OC=CCCCCCCCCCC. The van der Waals surface area contributed by atoms with Crippen molar-refractivity contribution in [3.63, 3.8) is 0 Å². The lowest BCUT2D eigenvalue weighted by atomic mass is 9.98. The second-order valence-corrected chi connectivity index (χ2v) is 14.0. The Morgan fingerprint density at radius 1 is 0.364 bits per heavy atom. The van der Waals surface area contributed by atoms with Crippen LogP contribution in [0.25, 0.3) is 0 Å². The molecule has 44 heavy (non-hydrogen) atoms. The van der Waals surface area contributed by atoms with Crippen LogP contribution >= 0.6 is 0 Å². The molecular formula is C42H82O2. The third-order valence-electron chi connectivity index (χ3n) is 9.36. The number of unbranched alkanes of at least 4 members (excludes halogenated alkanes) is 28. The van der Waals surface area contributed by atoms with Crippen LogP contribution in [-0.4, -0.2) is 10.9 Å². The molecule has 0 aromatic heterocycles. The summed E-state index contributed by atoms with van der Waals surface area (Å²) in [5, 5.41) is 11.4. The number of aliphatic hydroxyl groups is 1. The summed E-state index contributed by atoms with van der Waals surface area (Å²) in [7, 11) is 0. The zero-order valence-electron chi connectivity index (χ0n) is 30.7. The Bertz CT molecular complexity index is 582. The van der Waals surface area contributed by atoms with Gasteiger partial charge in [-0.05, 0) is 57.4 Å². The van der Waals surface area contributed by atoms with Gasteiger partial charge in [-0.1, -0.05) is 187 Å². The van der Waals surface area contributed by atoms with Crippen molar-refractivity contribution < 1.29 is 9.84 Å². The fraction of sp³-hybridized carbons (Fsp3) is 0.905. The molecule has 0 aromatic rings. The average molecular weight is 619 g/mol. The number of ether oxygens (including phenoxy) is 1. The monoisotopic (exact) mass is 619 g/mol. The molecule has 0 bridgehead atoms. The quantitative estimate of drug-likeness (QED) is 0.0325. The van der Waals surface area contributed by atoms with Crippen LogP contribution in [0.4, 0.5) is 0 Å². The Morgan fingerprint density at radius 3 is 0.977 bits per heavy atom. The standard InChI is InChI=1S/C42H82O2/c1-4-7-10-13-16-19-22-23-24-25-26-28-31-34-37-40-42(43,39-36-33-30-27-20-17-14-11-8-5-2)44-41-38-35-32-29-21-18-15-12-9-6-3/h23-24,38,41,43H,4-22,25-37,39-40H2,1-3H3/b24-23-,41-38?. The van der Waals surface area contributed by atoms with E-state index in [9.17, 15) is 5.11 Å². The first kappa shape index (κ1) is 43.2. The van der Waals surface area contributed by atoms with Crippen molar-refractivity contribution in [2.24, 2.45) is 0 Å². The van der Waals surface area contributed by atoms with E-state index in [1.165, 1.54) is 186 Å². The van der Waals surface area contributed by atoms with E-state index < -0.39 is 5.79 Å². The van der Waals surface area contributed by atoms with Gasteiger partial charge in [-0.25, -0.2) is 0 Å². The molecule has 0 radical (unpaired) electrons. The summed E-state index contributed by atoms with van der Waals surface area (Å²) in [6, 6.07) is 0.